The fourth-order valence-electron chi connectivity index (χ4n) is 8.82. The lowest BCUT2D eigenvalue weighted by Crippen LogP contribution is -2.30. The highest BCUT2D eigenvalue weighted by molar-refractivity contribution is 5.70. The predicted octanol–water partition coefficient (Wildman–Crippen LogP) is 20.1. The Hall–Kier alpha value is -1.88. The van der Waals surface area contributed by atoms with Crippen LogP contribution in [0.15, 0.2) is 36.5 Å². The quantitative estimate of drug-likeness (QED) is 0.0345. The maximum Gasteiger partial charge on any atom is 0.306 e. The third-order valence-electron chi connectivity index (χ3n) is 13.2. The molecule has 0 rings (SSSR count). The van der Waals surface area contributed by atoms with Crippen molar-refractivity contribution >= 4 is 11.9 Å². The maximum atomic E-state index is 12.9. The smallest absolute Gasteiger partial charge is 0.306 e. The molecule has 5 heteroatoms. The first-order chi connectivity index (χ1) is 32.6. The van der Waals surface area contributed by atoms with Crippen LogP contribution in [0.25, 0.3) is 0 Å². The fraction of sp³-hybridized carbons (Fsp3) is 0.869. The summed E-state index contributed by atoms with van der Waals surface area (Å²) in [5.74, 6) is -0.395. The minimum Gasteiger partial charge on any atom is -0.462 e. The summed E-state index contributed by atoms with van der Waals surface area (Å²) in [5, 5.41) is 0. The summed E-state index contributed by atoms with van der Waals surface area (Å²) >= 11 is 0. The number of carbonyl (C=O) groups is 2. The Labute approximate surface area is 412 Å². The minimum absolute atomic E-state index is 0.0830. The molecule has 0 saturated carbocycles. The van der Waals surface area contributed by atoms with Crippen molar-refractivity contribution in [1.82, 2.24) is 0 Å². The average Bonchev–Trinajstić information content (AvgIpc) is 3.32. The van der Waals surface area contributed by atoms with E-state index in [0.29, 0.717) is 19.4 Å². The van der Waals surface area contributed by atoms with Gasteiger partial charge >= 0.3 is 11.9 Å². The van der Waals surface area contributed by atoms with Gasteiger partial charge in [-0.2, -0.15) is 0 Å². The first-order valence-corrected chi connectivity index (χ1v) is 29.5. The van der Waals surface area contributed by atoms with E-state index in [9.17, 15) is 9.59 Å². The zero-order chi connectivity index (χ0) is 47.7. The van der Waals surface area contributed by atoms with Gasteiger partial charge < -0.3 is 14.2 Å². The van der Waals surface area contributed by atoms with Crippen LogP contribution in [-0.2, 0) is 23.8 Å². The van der Waals surface area contributed by atoms with Gasteiger partial charge in [-0.3, -0.25) is 9.59 Å². The van der Waals surface area contributed by atoms with Gasteiger partial charge in [-0.1, -0.05) is 288 Å². The summed E-state index contributed by atoms with van der Waals surface area (Å²) in [4.78, 5) is 25.5. The number of hydrogen-bond donors (Lipinski definition) is 0. The van der Waals surface area contributed by atoms with E-state index in [0.717, 1.165) is 64.2 Å². The Bertz CT molecular complexity index is 1050. The van der Waals surface area contributed by atoms with Gasteiger partial charge in [0.1, 0.15) is 6.61 Å². The van der Waals surface area contributed by atoms with Crippen molar-refractivity contribution in [2.45, 2.75) is 322 Å². The first-order valence-electron chi connectivity index (χ1n) is 29.5. The molecule has 0 fully saturated rings. The Morgan fingerprint density at radius 2 is 0.682 bits per heavy atom. The zero-order valence-corrected chi connectivity index (χ0v) is 44.7. The third-order valence-corrected chi connectivity index (χ3v) is 13.2. The lowest BCUT2D eigenvalue weighted by molar-refractivity contribution is -0.163. The Kier molecular flexibility index (Phi) is 55.8. The van der Waals surface area contributed by atoms with Crippen LogP contribution < -0.4 is 0 Å². The summed E-state index contributed by atoms with van der Waals surface area (Å²) in [7, 11) is 0. The monoisotopic (exact) mass is 927 g/mol. The number of ether oxygens (including phenoxy) is 3. The van der Waals surface area contributed by atoms with Gasteiger partial charge in [0.05, 0.1) is 6.61 Å². The number of unbranched alkanes of at least 4 members (excludes halogenated alkanes) is 38. The molecule has 0 aliphatic heterocycles. The number of esters is 2. The molecule has 0 N–H and O–H groups in total. The summed E-state index contributed by atoms with van der Waals surface area (Å²) in [5.41, 5.74) is 0. The van der Waals surface area contributed by atoms with E-state index < -0.39 is 6.10 Å². The summed E-state index contributed by atoms with van der Waals surface area (Å²) in [6.07, 6.45) is 70.3. The normalized spacial score (nSPS) is 12.3. The molecule has 0 saturated heterocycles. The average molecular weight is 928 g/mol. The second-order valence-electron chi connectivity index (χ2n) is 19.9. The number of hydrogen-bond acceptors (Lipinski definition) is 5. The van der Waals surface area contributed by atoms with Crippen LogP contribution in [-0.4, -0.2) is 37.9 Å². The van der Waals surface area contributed by atoms with E-state index in [1.165, 1.54) is 218 Å². The van der Waals surface area contributed by atoms with Crippen molar-refractivity contribution in [3.05, 3.63) is 36.5 Å². The SMILES string of the molecule is CC/C=C\C/C=C\C/C=C\CCCCCCCC(=O)OCC(COCCCCCCCCCCCCCCCCCCCCCC)OC(=O)CCCCCCCCCCCCCCCCC. The van der Waals surface area contributed by atoms with Gasteiger partial charge in [-0.05, 0) is 51.4 Å². The van der Waals surface area contributed by atoms with E-state index in [2.05, 4.69) is 57.2 Å². The highest BCUT2D eigenvalue weighted by Gasteiger charge is 2.17. The van der Waals surface area contributed by atoms with Crippen LogP contribution in [0.4, 0.5) is 0 Å². The van der Waals surface area contributed by atoms with Crippen molar-refractivity contribution in [2.24, 2.45) is 0 Å². The van der Waals surface area contributed by atoms with Crippen LogP contribution in [0.5, 0.6) is 0 Å². The van der Waals surface area contributed by atoms with Crippen LogP contribution in [0.1, 0.15) is 316 Å². The lowest BCUT2D eigenvalue weighted by Gasteiger charge is -2.18. The largest absolute Gasteiger partial charge is 0.462 e. The first kappa shape index (κ1) is 64.1. The molecule has 0 radical (unpaired) electrons. The van der Waals surface area contributed by atoms with E-state index >= 15 is 0 Å². The lowest BCUT2D eigenvalue weighted by atomic mass is 10.0. The van der Waals surface area contributed by atoms with Crippen LogP contribution >= 0.6 is 0 Å². The summed E-state index contributed by atoms with van der Waals surface area (Å²) in [6, 6.07) is 0. The highest BCUT2D eigenvalue weighted by atomic mass is 16.6. The van der Waals surface area contributed by atoms with E-state index in [-0.39, 0.29) is 25.2 Å². The molecule has 1 atom stereocenters. The molecule has 0 aliphatic carbocycles. The molecule has 0 heterocycles. The Morgan fingerprint density at radius 1 is 0.348 bits per heavy atom. The van der Waals surface area contributed by atoms with Crippen molar-refractivity contribution in [3.8, 4) is 0 Å². The van der Waals surface area contributed by atoms with Gasteiger partial charge in [-0.15, -0.1) is 0 Å². The molecule has 0 amide bonds. The van der Waals surface area contributed by atoms with Gasteiger partial charge in [0.2, 0.25) is 0 Å². The number of rotatable bonds is 55. The Morgan fingerprint density at radius 3 is 1.09 bits per heavy atom. The molecule has 0 bridgehead atoms. The van der Waals surface area contributed by atoms with Crippen LogP contribution in [0, 0.1) is 0 Å². The molecule has 0 spiro atoms. The minimum atomic E-state index is -0.538. The molecule has 1 unspecified atom stereocenters. The summed E-state index contributed by atoms with van der Waals surface area (Å²) < 4.78 is 17.5. The van der Waals surface area contributed by atoms with Crippen molar-refractivity contribution in [1.29, 1.82) is 0 Å². The molecule has 5 nitrogen and oxygen atoms in total. The molecular formula is C61H114O5. The van der Waals surface area contributed by atoms with Crippen molar-refractivity contribution in [2.75, 3.05) is 19.8 Å². The van der Waals surface area contributed by atoms with Crippen molar-refractivity contribution in [3.63, 3.8) is 0 Å². The molecule has 0 aromatic carbocycles. The van der Waals surface area contributed by atoms with Crippen LogP contribution in [0.2, 0.25) is 0 Å². The molecule has 388 valence electrons. The van der Waals surface area contributed by atoms with Gasteiger partial charge in [0.15, 0.2) is 6.10 Å². The van der Waals surface area contributed by atoms with Gasteiger partial charge in [0.25, 0.3) is 0 Å². The van der Waals surface area contributed by atoms with E-state index in [1.54, 1.807) is 0 Å². The standard InChI is InChI=1S/C61H114O5/c1-4-7-10-13-16-19-22-25-28-29-30-31-32-35-38-41-44-47-50-53-56-64-57-59(66-61(63)55-52-49-46-43-40-37-34-27-24-21-18-15-12-9-6-3)58-65-60(62)54-51-48-45-42-39-36-33-26-23-20-17-14-11-8-5-2/h8,11,17,20,26,33,59H,4-7,9-10,12-16,18-19,21-25,27-32,34-58H2,1-3H3/b11-8-,20-17-,33-26-. The second-order valence-corrected chi connectivity index (χ2v) is 19.9. The van der Waals surface area contributed by atoms with Gasteiger partial charge in [-0.25, -0.2) is 0 Å². The molecule has 0 aromatic heterocycles. The van der Waals surface area contributed by atoms with E-state index in [4.69, 9.17) is 14.2 Å². The fourth-order valence-corrected chi connectivity index (χ4v) is 8.82. The molecular weight excluding hydrogens is 813 g/mol. The van der Waals surface area contributed by atoms with Crippen LogP contribution in [0.3, 0.4) is 0 Å². The summed E-state index contributed by atoms with van der Waals surface area (Å²) in [6.45, 7) is 7.77. The van der Waals surface area contributed by atoms with Gasteiger partial charge in [0, 0.05) is 19.4 Å². The second kappa shape index (κ2) is 57.4. The molecule has 0 aliphatic rings. The number of allylic oxidation sites excluding steroid dienone is 6. The number of carbonyl (C=O) groups excluding carboxylic acids is 2. The predicted molar refractivity (Wildman–Crippen MR) is 288 cm³/mol. The zero-order valence-electron chi connectivity index (χ0n) is 44.7. The third kappa shape index (κ3) is 54.7. The van der Waals surface area contributed by atoms with E-state index in [1.807, 2.05) is 0 Å². The highest BCUT2D eigenvalue weighted by Crippen LogP contribution is 2.17. The molecule has 0 aromatic rings. The molecule has 66 heavy (non-hydrogen) atoms. The Balaban J connectivity index is 4.21. The maximum absolute atomic E-state index is 12.9. The topological polar surface area (TPSA) is 61.8 Å². The van der Waals surface area contributed by atoms with Crippen molar-refractivity contribution < 1.29 is 23.8 Å².